The van der Waals surface area contributed by atoms with Crippen LogP contribution in [0.25, 0.3) is 0 Å². The minimum atomic E-state index is -0.373. The van der Waals surface area contributed by atoms with E-state index in [2.05, 4.69) is 5.32 Å². The largest absolute Gasteiger partial charge is 0.389 e. The fraction of sp³-hybridized carbons (Fsp3) is 0.0714. The maximum absolute atomic E-state index is 13.8. The van der Waals surface area contributed by atoms with Crippen LogP contribution >= 0.6 is 12.2 Å². The van der Waals surface area contributed by atoms with Crippen molar-refractivity contribution < 1.29 is 4.39 Å². The number of halogens is 1. The highest BCUT2D eigenvalue weighted by molar-refractivity contribution is 7.80. The van der Waals surface area contributed by atoms with E-state index in [1.807, 2.05) is 31.2 Å². The average molecular weight is 260 g/mol. The van der Waals surface area contributed by atoms with E-state index in [1.54, 1.807) is 12.1 Å². The zero-order valence-electron chi connectivity index (χ0n) is 9.91. The molecule has 2 rings (SSSR count). The van der Waals surface area contributed by atoms with Gasteiger partial charge in [-0.3, -0.25) is 0 Å². The van der Waals surface area contributed by atoms with Crippen molar-refractivity contribution >= 4 is 28.6 Å². The average Bonchev–Trinajstić information content (AvgIpc) is 2.31. The Morgan fingerprint density at radius 3 is 2.61 bits per heavy atom. The van der Waals surface area contributed by atoms with Gasteiger partial charge in [0.25, 0.3) is 0 Å². The lowest BCUT2D eigenvalue weighted by molar-refractivity contribution is 0.631. The lowest BCUT2D eigenvalue weighted by Crippen LogP contribution is -2.09. The Hall–Kier alpha value is -1.94. The van der Waals surface area contributed by atoms with Gasteiger partial charge in [0.15, 0.2) is 0 Å². The van der Waals surface area contributed by atoms with Gasteiger partial charge in [0, 0.05) is 11.3 Å². The van der Waals surface area contributed by atoms with Gasteiger partial charge < -0.3 is 11.1 Å². The Morgan fingerprint density at radius 2 is 2.00 bits per heavy atom. The van der Waals surface area contributed by atoms with Crippen molar-refractivity contribution in [2.24, 2.45) is 5.73 Å². The zero-order chi connectivity index (χ0) is 13.1. The van der Waals surface area contributed by atoms with Crippen molar-refractivity contribution in [1.29, 1.82) is 0 Å². The van der Waals surface area contributed by atoms with Crippen LogP contribution in [0.1, 0.15) is 11.1 Å². The van der Waals surface area contributed by atoms with Gasteiger partial charge in [-0.25, -0.2) is 4.39 Å². The van der Waals surface area contributed by atoms with Gasteiger partial charge >= 0.3 is 0 Å². The Morgan fingerprint density at radius 1 is 1.22 bits per heavy atom. The first-order valence-corrected chi connectivity index (χ1v) is 5.90. The van der Waals surface area contributed by atoms with Crippen molar-refractivity contribution in [2.75, 3.05) is 5.32 Å². The molecule has 0 amide bonds. The molecule has 3 N–H and O–H groups in total. The van der Waals surface area contributed by atoms with Crippen LogP contribution in [0.3, 0.4) is 0 Å². The van der Waals surface area contributed by atoms with E-state index in [0.29, 0.717) is 11.3 Å². The molecule has 0 unspecified atom stereocenters. The summed E-state index contributed by atoms with van der Waals surface area (Å²) < 4.78 is 13.8. The van der Waals surface area contributed by atoms with Crippen molar-refractivity contribution in [3.63, 3.8) is 0 Å². The lowest BCUT2D eigenvalue weighted by Gasteiger charge is -2.09. The van der Waals surface area contributed by atoms with Crippen LogP contribution in [-0.4, -0.2) is 4.99 Å². The molecule has 0 atom stereocenters. The third-order valence-electron chi connectivity index (χ3n) is 2.55. The van der Waals surface area contributed by atoms with Crippen LogP contribution < -0.4 is 11.1 Å². The first-order valence-electron chi connectivity index (χ1n) is 5.49. The summed E-state index contributed by atoms with van der Waals surface area (Å²) in [6.45, 7) is 1.98. The molecule has 0 fully saturated rings. The number of anilines is 2. The van der Waals surface area contributed by atoms with E-state index in [1.165, 1.54) is 6.07 Å². The molecule has 0 spiro atoms. The molecule has 0 saturated carbocycles. The highest BCUT2D eigenvalue weighted by Crippen LogP contribution is 2.21. The smallest absolute Gasteiger partial charge is 0.147 e. The number of nitrogens with one attached hydrogen (secondary N) is 1. The minimum Gasteiger partial charge on any atom is -0.389 e. The van der Waals surface area contributed by atoms with Crippen molar-refractivity contribution in [2.45, 2.75) is 6.92 Å². The van der Waals surface area contributed by atoms with Gasteiger partial charge in [-0.1, -0.05) is 24.4 Å². The van der Waals surface area contributed by atoms with E-state index in [9.17, 15) is 4.39 Å². The number of thiocarbonyl (C=S) groups is 1. The number of benzene rings is 2. The number of hydrogen-bond acceptors (Lipinski definition) is 2. The summed E-state index contributed by atoms with van der Waals surface area (Å²) in [5.41, 5.74) is 8.33. The molecule has 18 heavy (non-hydrogen) atoms. The number of rotatable bonds is 3. The molecule has 2 aromatic rings. The zero-order valence-corrected chi connectivity index (χ0v) is 10.7. The molecule has 2 nitrogen and oxygen atoms in total. The van der Waals surface area contributed by atoms with Crippen molar-refractivity contribution in [3.8, 4) is 0 Å². The predicted octanol–water partition coefficient (Wildman–Crippen LogP) is 3.51. The topological polar surface area (TPSA) is 38.0 Å². The van der Waals surface area contributed by atoms with E-state index in [-0.39, 0.29) is 10.8 Å². The predicted molar refractivity (Wildman–Crippen MR) is 76.7 cm³/mol. The fourth-order valence-electron chi connectivity index (χ4n) is 1.65. The third-order valence-corrected chi connectivity index (χ3v) is 2.79. The molecular weight excluding hydrogens is 247 g/mol. The number of nitrogens with two attached hydrogens (primary N) is 1. The van der Waals surface area contributed by atoms with Crippen LogP contribution in [0.5, 0.6) is 0 Å². The molecule has 0 aromatic heterocycles. The van der Waals surface area contributed by atoms with Crippen LogP contribution in [0, 0.1) is 12.7 Å². The molecule has 0 aliphatic rings. The summed E-state index contributed by atoms with van der Waals surface area (Å²) in [7, 11) is 0. The summed E-state index contributed by atoms with van der Waals surface area (Å²) in [6.07, 6.45) is 0. The van der Waals surface area contributed by atoms with E-state index < -0.39 is 0 Å². The monoisotopic (exact) mass is 260 g/mol. The number of aryl methyl sites for hydroxylation is 1. The fourth-order valence-corrected chi connectivity index (χ4v) is 1.78. The molecule has 0 heterocycles. The van der Waals surface area contributed by atoms with Crippen LogP contribution in [0.2, 0.25) is 0 Å². The molecule has 92 valence electrons. The Bertz CT molecular complexity index is 596. The van der Waals surface area contributed by atoms with Gasteiger partial charge in [-0.05, 0) is 42.8 Å². The molecule has 4 heteroatoms. The molecule has 0 aliphatic heterocycles. The second kappa shape index (κ2) is 5.14. The summed E-state index contributed by atoms with van der Waals surface area (Å²) in [6, 6.07) is 12.4. The quantitative estimate of drug-likeness (QED) is 0.829. The standard InChI is InChI=1S/C14H13FN2S/c1-9-3-2-4-11(7-9)17-13-6-5-10(14(16)18)8-12(13)15/h2-8,17H,1H3,(H2,16,18). The summed E-state index contributed by atoms with van der Waals surface area (Å²) in [5.74, 6) is -0.373. The summed E-state index contributed by atoms with van der Waals surface area (Å²) in [4.78, 5) is 0.191. The maximum Gasteiger partial charge on any atom is 0.147 e. The molecule has 2 aromatic carbocycles. The van der Waals surface area contributed by atoms with Crippen LogP contribution in [-0.2, 0) is 0 Å². The van der Waals surface area contributed by atoms with Crippen molar-refractivity contribution in [1.82, 2.24) is 0 Å². The molecule has 0 saturated heterocycles. The minimum absolute atomic E-state index is 0.191. The lowest BCUT2D eigenvalue weighted by atomic mass is 10.1. The highest BCUT2D eigenvalue weighted by atomic mass is 32.1. The number of hydrogen-bond donors (Lipinski definition) is 2. The van der Waals surface area contributed by atoms with Gasteiger partial charge in [0.05, 0.1) is 5.69 Å². The van der Waals surface area contributed by atoms with Crippen LogP contribution in [0.4, 0.5) is 15.8 Å². The molecule has 0 bridgehead atoms. The van der Waals surface area contributed by atoms with Crippen molar-refractivity contribution in [3.05, 3.63) is 59.4 Å². The first kappa shape index (κ1) is 12.5. The Kier molecular flexibility index (Phi) is 3.58. The van der Waals surface area contributed by atoms with Gasteiger partial charge in [-0.2, -0.15) is 0 Å². The van der Waals surface area contributed by atoms with Gasteiger partial charge in [-0.15, -0.1) is 0 Å². The van der Waals surface area contributed by atoms with E-state index >= 15 is 0 Å². The second-order valence-corrected chi connectivity index (χ2v) is 4.49. The summed E-state index contributed by atoms with van der Waals surface area (Å²) >= 11 is 4.80. The third kappa shape index (κ3) is 2.84. The van der Waals surface area contributed by atoms with Gasteiger partial charge in [0.2, 0.25) is 0 Å². The molecule has 0 radical (unpaired) electrons. The summed E-state index contributed by atoms with van der Waals surface area (Å²) in [5, 5.41) is 3.02. The van der Waals surface area contributed by atoms with Crippen LogP contribution in [0.15, 0.2) is 42.5 Å². The Balaban J connectivity index is 2.27. The first-order chi connectivity index (χ1) is 8.56. The van der Waals surface area contributed by atoms with E-state index in [0.717, 1.165) is 11.3 Å². The highest BCUT2D eigenvalue weighted by Gasteiger charge is 2.05. The van der Waals surface area contributed by atoms with Gasteiger partial charge in [0.1, 0.15) is 10.8 Å². The maximum atomic E-state index is 13.8. The SMILES string of the molecule is Cc1cccc(Nc2ccc(C(N)=S)cc2F)c1. The molecular formula is C14H13FN2S. The molecule has 0 aliphatic carbocycles. The van der Waals surface area contributed by atoms with E-state index in [4.69, 9.17) is 18.0 Å². The normalized spacial score (nSPS) is 10.1. The Labute approximate surface area is 111 Å². The second-order valence-electron chi connectivity index (χ2n) is 4.05.